The van der Waals surface area contributed by atoms with E-state index in [4.69, 9.17) is 37.0 Å². The molecule has 0 bridgehead atoms. The van der Waals surface area contributed by atoms with Crippen LogP contribution in [0, 0.1) is 0 Å². The van der Waals surface area contributed by atoms with Crippen LogP contribution >= 0.6 is 15.6 Å². The zero-order valence-electron chi connectivity index (χ0n) is 64.6. The van der Waals surface area contributed by atoms with Gasteiger partial charge in [-0.15, -0.1) is 0 Å². The van der Waals surface area contributed by atoms with Crippen LogP contribution in [0.1, 0.15) is 297 Å². The van der Waals surface area contributed by atoms with Gasteiger partial charge in [0.25, 0.3) is 0 Å². The van der Waals surface area contributed by atoms with E-state index in [-0.39, 0.29) is 25.7 Å². The molecule has 0 aromatic carbocycles. The lowest BCUT2D eigenvalue weighted by Crippen LogP contribution is -2.30. The number of ether oxygens (including phenoxy) is 4. The highest BCUT2D eigenvalue weighted by molar-refractivity contribution is 7.47. The number of aliphatic hydroxyl groups is 1. The van der Waals surface area contributed by atoms with Crippen molar-refractivity contribution in [1.29, 1.82) is 0 Å². The summed E-state index contributed by atoms with van der Waals surface area (Å²) in [5.74, 6) is -2.38. The van der Waals surface area contributed by atoms with Crippen molar-refractivity contribution in [1.82, 2.24) is 0 Å². The first-order valence-electron chi connectivity index (χ1n) is 39.7. The van der Waals surface area contributed by atoms with Crippen LogP contribution in [0.5, 0.6) is 0 Å². The van der Waals surface area contributed by atoms with Gasteiger partial charge >= 0.3 is 39.5 Å². The maximum Gasteiger partial charge on any atom is 0.472 e. The van der Waals surface area contributed by atoms with Crippen LogP contribution in [0.2, 0.25) is 0 Å². The number of phosphoric ester groups is 2. The Morgan fingerprint density at radius 1 is 0.288 bits per heavy atom. The lowest BCUT2D eigenvalue weighted by Gasteiger charge is -2.21. The van der Waals surface area contributed by atoms with E-state index in [0.717, 1.165) is 173 Å². The van der Waals surface area contributed by atoms with Crippen LogP contribution in [0.3, 0.4) is 0 Å². The summed E-state index contributed by atoms with van der Waals surface area (Å²) in [5, 5.41) is 10.6. The number of phosphoric acid groups is 2. The molecule has 5 unspecified atom stereocenters. The average Bonchev–Trinajstić information content (AvgIpc) is 0.910. The van der Waals surface area contributed by atoms with Gasteiger partial charge in [0.2, 0.25) is 0 Å². The number of aliphatic hydroxyl groups excluding tert-OH is 1. The number of rotatable bonds is 73. The quantitative estimate of drug-likeness (QED) is 0.0169. The second-order valence-electron chi connectivity index (χ2n) is 25.9. The Bertz CT molecular complexity index is 2590. The zero-order valence-corrected chi connectivity index (χ0v) is 66.4. The molecule has 0 aliphatic carbocycles. The van der Waals surface area contributed by atoms with E-state index in [1.807, 2.05) is 12.2 Å². The van der Waals surface area contributed by atoms with Crippen LogP contribution in [0.15, 0.2) is 158 Å². The average molecular weight is 1500 g/mol. The minimum absolute atomic E-state index is 0.0720. The predicted molar refractivity (Wildman–Crippen MR) is 427 cm³/mol. The van der Waals surface area contributed by atoms with E-state index < -0.39 is 97.5 Å². The number of hydrogen-bond donors (Lipinski definition) is 3. The molecule has 5 atom stereocenters. The van der Waals surface area contributed by atoms with Gasteiger partial charge in [-0.1, -0.05) is 276 Å². The van der Waals surface area contributed by atoms with Gasteiger partial charge in [0, 0.05) is 19.3 Å². The zero-order chi connectivity index (χ0) is 76.0. The fraction of sp³-hybridized carbons (Fsp3) is 0.647. The van der Waals surface area contributed by atoms with Gasteiger partial charge in [0.15, 0.2) is 12.2 Å². The molecule has 0 aromatic heterocycles. The molecular formula is C85H140O17P2. The van der Waals surface area contributed by atoms with Gasteiger partial charge in [0.05, 0.1) is 32.8 Å². The van der Waals surface area contributed by atoms with Gasteiger partial charge in [-0.05, 0) is 154 Å². The molecule has 592 valence electrons. The van der Waals surface area contributed by atoms with E-state index in [2.05, 4.69) is 161 Å². The van der Waals surface area contributed by atoms with E-state index >= 15 is 0 Å². The topological polar surface area (TPSA) is 237 Å². The molecule has 0 saturated heterocycles. The SMILES string of the molecule is CC/C=C\C/C=C\C/C=C\C/C=C\C/C=C\CC(=O)OC(COC(=O)CCCCCCCC/C=C\C/C=C\C/C=C\CCCCC)COP(=O)(O)OCC(O)COP(=O)(O)OCC(COC(=O)CCCCCC/C=C\C/C=C\C/C=C\C/C=C\CC)OC(=O)CCCCCCC/C=C\CCCCCC. The molecule has 0 fully saturated rings. The molecule has 0 radical (unpaired) electrons. The van der Waals surface area contributed by atoms with Crippen molar-refractivity contribution in [3.8, 4) is 0 Å². The fourth-order valence-electron chi connectivity index (χ4n) is 9.99. The minimum Gasteiger partial charge on any atom is -0.462 e. The first-order chi connectivity index (χ1) is 50.7. The molecule has 0 rings (SSSR count). The Morgan fingerprint density at radius 3 is 0.885 bits per heavy atom. The first kappa shape index (κ1) is 98.7. The third kappa shape index (κ3) is 74.9. The first-order valence-corrected chi connectivity index (χ1v) is 42.7. The van der Waals surface area contributed by atoms with Crippen LogP contribution in [0.4, 0.5) is 0 Å². The van der Waals surface area contributed by atoms with E-state index in [9.17, 15) is 43.2 Å². The van der Waals surface area contributed by atoms with E-state index in [1.165, 1.54) is 44.9 Å². The molecule has 104 heavy (non-hydrogen) atoms. The highest BCUT2D eigenvalue weighted by atomic mass is 31.2. The van der Waals surface area contributed by atoms with Gasteiger partial charge in [-0.3, -0.25) is 37.3 Å². The molecule has 0 aliphatic heterocycles. The number of allylic oxidation sites excluding steroid dienone is 25. The Labute approximate surface area is 629 Å². The Balaban J connectivity index is 5.45. The largest absolute Gasteiger partial charge is 0.472 e. The minimum atomic E-state index is -5.01. The molecule has 0 heterocycles. The van der Waals surface area contributed by atoms with Crippen molar-refractivity contribution >= 4 is 39.5 Å². The second-order valence-corrected chi connectivity index (χ2v) is 28.8. The number of unbranched alkanes of at least 4 members (excludes halogenated alkanes) is 22. The second kappa shape index (κ2) is 75.9. The van der Waals surface area contributed by atoms with E-state index in [0.29, 0.717) is 25.7 Å². The molecule has 0 amide bonds. The Hall–Kier alpha value is -5.32. The molecule has 0 aliphatic rings. The summed E-state index contributed by atoms with van der Waals surface area (Å²) in [7, 11) is -10.0. The monoisotopic (exact) mass is 1490 g/mol. The summed E-state index contributed by atoms with van der Waals surface area (Å²) in [6.07, 6.45) is 88.3. The molecule has 0 aromatic rings. The van der Waals surface area contributed by atoms with Crippen LogP contribution in [0.25, 0.3) is 0 Å². The summed E-state index contributed by atoms with van der Waals surface area (Å²) in [6, 6.07) is 0. The molecule has 0 saturated carbocycles. The standard InChI is InChI=1S/C85H140O17P2/c1-5-9-13-17-21-25-29-33-36-38-39-41-44-47-50-54-58-62-66-70-83(88)96-76-81(102-85(90)72-68-64-60-56-52-48-42-35-31-27-23-19-15-11-7-3)78-100-104(93,94)98-74-79(86)73-97-103(91,92)99-77-80(101-84(89)71-67-63-59-55-51-45-32-28-24-20-16-12-8-4)75-95-82(87)69-65-61-57-53-49-46-43-40-37-34-30-26-22-18-14-10-6-2/h10-11,14-15,21-23,25-28,32-37,39,41-43,46,52,56,64,68,79-81,86H,5-9,12-13,16-20,24,29-31,38,40,44-45,47-51,53-55,57-63,65-67,69-78H2,1-4H3,(H,91,92)(H,93,94)/b14-10-,15-11-,25-21-,26-22-,27-23-,32-28-,36-33-,37-34-,41-39-,42-35-,46-43-,56-52-,68-64-. The summed E-state index contributed by atoms with van der Waals surface area (Å²) in [4.78, 5) is 72.9. The summed E-state index contributed by atoms with van der Waals surface area (Å²) in [6.45, 7) is 4.43. The van der Waals surface area contributed by atoms with Gasteiger partial charge < -0.3 is 33.8 Å². The maximum absolute atomic E-state index is 13.1. The van der Waals surface area contributed by atoms with Crippen molar-refractivity contribution in [3.05, 3.63) is 158 Å². The Kier molecular flexibility index (Phi) is 72.0. The number of hydrogen-bond acceptors (Lipinski definition) is 15. The van der Waals surface area contributed by atoms with Crippen LogP contribution in [-0.4, -0.2) is 96.7 Å². The third-order valence-corrected chi connectivity index (χ3v) is 17.9. The maximum atomic E-state index is 13.1. The molecule has 19 heteroatoms. The summed E-state index contributed by atoms with van der Waals surface area (Å²) < 4.78 is 68.4. The molecule has 0 spiro atoms. The molecular weight excluding hydrogens is 1350 g/mol. The van der Waals surface area contributed by atoms with E-state index in [1.54, 1.807) is 12.2 Å². The lowest BCUT2D eigenvalue weighted by atomic mass is 10.1. The summed E-state index contributed by atoms with van der Waals surface area (Å²) in [5.41, 5.74) is 0. The number of carbonyl (C=O) groups excluding carboxylic acids is 4. The van der Waals surface area contributed by atoms with Crippen LogP contribution in [-0.2, 0) is 65.4 Å². The third-order valence-electron chi connectivity index (χ3n) is 16.0. The predicted octanol–water partition coefficient (Wildman–Crippen LogP) is 23.2. The van der Waals surface area contributed by atoms with Gasteiger partial charge in [-0.2, -0.15) is 0 Å². The summed E-state index contributed by atoms with van der Waals surface area (Å²) >= 11 is 0. The van der Waals surface area contributed by atoms with Crippen molar-refractivity contribution in [2.24, 2.45) is 0 Å². The number of esters is 4. The normalized spacial score (nSPS) is 14.7. The smallest absolute Gasteiger partial charge is 0.462 e. The molecule has 3 N–H and O–H groups in total. The van der Waals surface area contributed by atoms with Gasteiger partial charge in [-0.25, -0.2) is 9.13 Å². The van der Waals surface area contributed by atoms with Crippen molar-refractivity contribution in [2.45, 2.75) is 316 Å². The highest BCUT2D eigenvalue weighted by Crippen LogP contribution is 2.45. The lowest BCUT2D eigenvalue weighted by molar-refractivity contribution is -0.161. The highest BCUT2D eigenvalue weighted by Gasteiger charge is 2.30. The fourth-order valence-corrected chi connectivity index (χ4v) is 11.6. The molecule has 17 nitrogen and oxygen atoms in total. The Morgan fingerprint density at radius 2 is 0.538 bits per heavy atom. The van der Waals surface area contributed by atoms with Gasteiger partial charge in [0.1, 0.15) is 19.3 Å². The number of carbonyl (C=O) groups is 4. The van der Waals surface area contributed by atoms with Crippen molar-refractivity contribution < 1.29 is 80.2 Å². The van der Waals surface area contributed by atoms with Crippen molar-refractivity contribution in [2.75, 3.05) is 39.6 Å². The van der Waals surface area contributed by atoms with Crippen LogP contribution < -0.4 is 0 Å². The van der Waals surface area contributed by atoms with Crippen molar-refractivity contribution in [3.63, 3.8) is 0 Å².